The van der Waals surface area contributed by atoms with Crippen molar-refractivity contribution >= 4 is 23.9 Å². The molecule has 2 aromatic rings. The molecule has 2 aromatic carbocycles. The van der Waals surface area contributed by atoms with Gasteiger partial charge in [0.05, 0.1) is 19.1 Å². The van der Waals surface area contributed by atoms with Crippen LogP contribution < -0.4 is 14.9 Å². The molecule has 0 heterocycles. The largest absolute Gasteiger partial charge is 0.493 e. The minimum absolute atomic E-state index is 0.162. The molecule has 0 spiro atoms. The number of rotatable bonds is 9. The molecule has 0 radical (unpaired) electrons. The molecule has 0 aliphatic heterocycles. The van der Waals surface area contributed by atoms with Gasteiger partial charge in [-0.2, -0.15) is 5.10 Å². The molecule has 0 aliphatic carbocycles. The van der Waals surface area contributed by atoms with Crippen molar-refractivity contribution in [3.8, 4) is 11.5 Å². The van der Waals surface area contributed by atoms with E-state index in [1.165, 1.54) is 17.3 Å². The van der Waals surface area contributed by atoms with Gasteiger partial charge in [-0.05, 0) is 42.8 Å². The quantitative estimate of drug-likeness (QED) is 0.316. The third-order valence-corrected chi connectivity index (χ3v) is 4.35. The lowest BCUT2D eigenvalue weighted by atomic mass is 10.2. The zero-order valence-corrected chi connectivity index (χ0v) is 15.7. The van der Waals surface area contributed by atoms with Crippen molar-refractivity contribution in [2.75, 3.05) is 19.5 Å². The van der Waals surface area contributed by atoms with Crippen molar-refractivity contribution in [2.45, 2.75) is 11.8 Å². The van der Waals surface area contributed by atoms with Gasteiger partial charge in [-0.3, -0.25) is 4.79 Å². The molecule has 1 N–H and O–H groups in total. The zero-order chi connectivity index (χ0) is 18.8. The van der Waals surface area contributed by atoms with Crippen LogP contribution >= 0.6 is 11.8 Å². The Kier molecular flexibility index (Phi) is 7.76. The lowest BCUT2D eigenvalue weighted by Crippen LogP contribution is -2.19. The number of hydrogen-bond donors (Lipinski definition) is 1. The topological polar surface area (TPSA) is 59.9 Å². The molecule has 0 atom stereocenters. The number of aryl methyl sites for hydroxylation is 1. The van der Waals surface area contributed by atoms with Crippen LogP contribution in [0.4, 0.5) is 0 Å². The maximum atomic E-state index is 11.9. The molecule has 2 rings (SSSR count). The number of nitrogens with zero attached hydrogens (tertiary/aromatic N) is 1. The first kappa shape index (κ1) is 19.6. The molecule has 26 heavy (non-hydrogen) atoms. The van der Waals surface area contributed by atoms with E-state index in [9.17, 15) is 4.79 Å². The van der Waals surface area contributed by atoms with Crippen LogP contribution in [0.2, 0.25) is 0 Å². The smallest absolute Gasteiger partial charge is 0.250 e. The summed E-state index contributed by atoms with van der Waals surface area (Å²) < 4.78 is 10.8. The molecule has 136 valence electrons. The molecule has 0 saturated carbocycles. The van der Waals surface area contributed by atoms with Crippen LogP contribution in [0, 0.1) is 6.92 Å². The van der Waals surface area contributed by atoms with Gasteiger partial charge in [-0.1, -0.05) is 30.4 Å². The van der Waals surface area contributed by atoms with E-state index in [-0.39, 0.29) is 5.91 Å². The second-order valence-electron chi connectivity index (χ2n) is 5.40. The van der Waals surface area contributed by atoms with Crippen LogP contribution in [-0.2, 0) is 4.79 Å². The summed E-state index contributed by atoms with van der Waals surface area (Å²) >= 11 is 1.47. The minimum atomic E-state index is -0.162. The van der Waals surface area contributed by atoms with Crippen LogP contribution in [0.1, 0.15) is 11.1 Å². The lowest BCUT2D eigenvalue weighted by Gasteiger charge is -2.09. The Morgan fingerprint density at radius 1 is 1.23 bits per heavy atom. The van der Waals surface area contributed by atoms with Crippen LogP contribution in [0.25, 0.3) is 0 Å². The predicted octanol–water partition coefficient (Wildman–Crippen LogP) is 3.81. The molecule has 0 saturated heterocycles. The first-order valence-corrected chi connectivity index (χ1v) is 9.04. The number of methoxy groups -OCH3 is 1. The number of thioether (sulfide) groups is 1. The number of hydrogen-bond acceptors (Lipinski definition) is 5. The van der Waals surface area contributed by atoms with Gasteiger partial charge in [-0.25, -0.2) is 5.43 Å². The maximum absolute atomic E-state index is 11.9. The van der Waals surface area contributed by atoms with Gasteiger partial charge in [0.25, 0.3) is 0 Å². The summed E-state index contributed by atoms with van der Waals surface area (Å²) in [4.78, 5) is 12.9. The van der Waals surface area contributed by atoms with E-state index in [1.54, 1.807) is 31.5 Å². The predicted molar refractivity (Wildman–Crippen MR) is 106 cm³/mol. The van der Waals surface area contributed by atoms with Crippen molar-refractivity contribution < 1.29 is 14.3 Å². The molecule has 0 aromatic heterocycles. The van der Waals surface area contributed by atoms with Crippen molar-refractivity contribution in [3.05, 3.63) is 66.2 Å². The van der Waals surface area contributed by atoms with E-state index in [2.05, 4.69) is 17.1 Å². The van der Waals surface area contributed by atoms with Crippen LogP contribution in [0.5, 0.6) is 11.5 Å². The maximum Gasteiger partial charge on any atom is 0.250 e. The number of carbonyl (C=O) groups is 1. The molecular formula is C20H22N2O3S. The summed E-state index contributed by atoms with van der Waals surface area (Å²) in [6.07, 6.45) is 3.23. The van der Waals surface area contributed by atoms with Gasteiger partial charge in [0.1, 0.15) is 6.61 Å². The summed E-state index contributed by atoms with van der Waals surface area (Å²) in [6.45, 7) is 6.05. The van der Waals surface area contributed by atoms with Gasteiger partial charge < -0.3 is 9.47 Å². The molecule has 1 amide bonds. The van der Waals surface area contributed by atoms with E-state index < -0.39 is 0 Å². The van der Waals surface area contributed by atoms with E-state index in [1.807, 2.05) is 37.3 Å². The van der Waals surface area contributed by atoms with Crippen LogP contribution in [0.15, 0.2) is 65.1 Å². The normalized spacial score (nSPS) is 10.5. The zero-order valence-electron chi connectivity index (χ0n) is 14.9. The number of nitrogens with one attached hydrogen (secondary N) is 1. The average molecular weight is 370 g/mol. The summed E-state index contributed by atoms with van der Waals surface area (Å²) in [5.41, 5.74) is 4.51. The first-order valence-electron chi connectivity index (χ1n) is 8.05. The molecule has 0 bridgehead atoms. The summed E-state index contributed by atoms with van der Waals surface area (Å²) in [5.74, 6) is 1.36. The van der Waals surface area contributed by atoms with E-state index >= 15 is 0 Å². The number of amides is 1. The molecular weight excluding hydrogens is 348 g/mol. The highest BCUT2D eigenvalue weighted by Gasteiger charge is 2.05. The van der Waals surface area contributed by atoms with Crippen LogP contribution in [-0.4, -0.2) is 31.6 Å². The fourth-order valence-electron chi connectivity index (χ4n) is 2.03. The van der Waals surface area contributed by atoms with Gasteiger partial charge in [-0.15, -0.1) is 11.8 Å². The SMILES string of the molecule is C=CCOc1ccc(/C=N\NC(=O)CSc2ccc(C)cc2)cc1OC. The average Bonchev–Trinajstić information content (AvgIpc) is 2.66. The third-order valence-electron chi connectivity index (χ3n) is 3.34. The van der Waals surface area contributed by atoms with Crippen molar-refractivity contribution in [1.82, 2.24) is 5.43 Å². The highest BCUT2D eigenvalue weighted by atomic mass is 32.2. The number of benzene rings is 2. The van der Waals surface area contributed by atoms with Gasteiger partial charge >= 0.3 is 0 Å². The van der Waals surface area contributed by atoms with Gasteiger partial charge in [0.2, 0.25) is 5.91 Å². The monoisotopic (exact) mass is 370 g/mol. The van der Waals surface area contributed by atoms with E-state index in [0.717, 1.165) is 10.5 Å². The second kappa shape index (κ2) is 10.3. The van der Waals surface area contributed by atoms with Crippen molar-refractivity contribution in [2.24, 2.45) is 5.10 Å². The Bertz CT molecular complexity index is 773. The number of hydrazone groups is 1. The Balaban J connectivity index is 1.85. The standard InChI is InChI=1S/C20H22N2O3S/c1-4-11-25-18-10-7-16(12-19(18)24-3)13-21-22-20(23)14-26-17-8-5-15(2)6-9-17/h4-10,12-13H,1,11,14H2,2-3H3,(H,22,23)/b21-13-. The van der Waals surface area contributed by atoms with Crippen molar-refractivity contribution in [3.63, 3.8) is 0 Å². The molecule has 0 aliphatic rings. The summed E-state index contributed by atoms with van der Waals surface area (Å²) in [5, 5.41) is 3.98. The molecule has 0 unspecified atom stereocenters. The van der Waals surface area contributed by atoms with E-state index in [4.69, 9.17) is 9.47 Å². The minimum Gasteiger partial charge on any atom is -0.493 e. The number of carbonyl (C=O) groups excluding carboxylic acids is 1. The Hall–Kier alpha value is -2.73. The number of ether oxygens (including phenoxy) is 2. The second-order valence-corrected chi connectivity index (χ2v) is 6.45. The Morgan fingerprint density at radius 3 is 2.69 bits per heavy atom. The third kappa shape index (κ3) is 6.29. The first-order chi connectivity index (χ1) is 12.6. The van der Waals surface area contributed by atoms with Crippen LogP contribution in [0.3, 0.4) is 0 Å². The van der Waals surface area contributed by atoms with Crippen molar-refractivity contribution in [1.29, 1.82) is 0 Å². The van der Waals surface area contributed by atoms with Gasteiger partial charge in [0, 0.05) is 4.90 Å². The molecule has 5 nitrogen and oxygen atoms in total. The molecule has 6 heteroatoms. The van der Waals surface area contributed by atoms with E-state index in [0.29, 0.717) is 23.9 Å². The fourth-order valence-corrected chi connectivity index (χ4v) is 2.72. The lowest BCUT2D eigenvalue weighted by molar-refractivity contribution is -0.118. The fraction of sp³-hybridized carbons (Fsp3) is 0.200. The molecule has 0 fully saturated rings. The Morgan fingerprint density at radius 2 is 2.00 bits per heavy atom. The highest BCUT2D eigenvalue weighted by molar-refractivity contribution is 8.00. The Labute approximate surface area is 158 Å². The van der Waals surface area contributed by atoms with Gasteiger partial charge in [0.15, 0.2) is 11.5 Å². The summed E-state index contributed by atoms with van der Waals surface area (Å²) in [6, 6.07) is 13.4. The summed E-state index contributed by atoms with van der Waals surface area (Å²) in [7, 11) is 1.57. The highest BCUT2D eigenvalue weighted by Crippen LogP contribution is 2.27.